The number of aliphatic hydroxyl groups is 1. The van der Waals surface area contributed by atoms with Crippen LogP contribution in [0.2, 0.25) is 0 Å². The number of carbonyl (C=O) groups is 2. The summed E-state index contributed by atoms with van der Waals surface area (Å²) < 4.78 is 10.3. The van der Waals surface area contributed by atoms with Crippen molar-refractivity contribution in [2.24, 2.45) is 0 Å². The third kappa shape index (κ3) is 3.75. The van der Waals surface area contributed by atoms with E-state index in [0.717, 1.165) is 0 Å². The van der Waals surface area contributed by atoms with E-state index < -0.39 is 17.7 Å². The van der Waals surface area contributed by atoms with Gasteiger partial charge in [0, 0.05) is 38.2 Å². The van der Waals surface area contributed by atoms with Gasteiger partial charge in [-0.05, 0) is 30.2 Å². The number of pyridine rings is 1. The van der Waals surface area contributed by atoms with Crippen molar-refractivity contribution in [1.29, 1.82) is 0 Å². The van der Waals surface area contributed by atoms with Gasteiger partial charge in [0.05, 0.1) is 18.7 Å². The van der Waals surface area contributed by atoms with Crippen molar-refractivity contribution >= 4 is 17.4 Å². The summed E-state index contributed by atoms with van der Waals surface area (Å²) in [5.41, 5.74) is 1.11. The maximum atomic E-state index is 12.8. The van der Waals surface area contributed by atoms with Gasteiger partial charge in [0.1, 0.15) is 11.5 Å². The molecule has 1 aromatic carbocycles. The van der Waals surface area contributed by atoms with E-state index in [1.54, 1.807) is 55.9 Å². The van der Waals surface area contributed by atoms with E-state index >= 15 is 0 Å². The van der Waals surface area contributed by atoms with Gasteiger partial charge >= 0.3 is 0 Å². The minimum absolute atomic E-state index is 0.0451. The number of aromatic nitrogens is 1. The second-order valence-corrected chi connectivity index (χ2v) is 6.36. The number of carbonyl (C=O) groups excluding carboxylic acids is 2. The number of Topliss-reactive ketones (excluding diaryl/α,β-unsaturated/α-hetero) is 1. The van der Waals surface area contributed by atoms with Crippen LogP contribution in [-0.4, -0.2) is 54.1 Å². The molecule has 0 bridgehead atoms. The zero-order chi connectivity index (χ0) is 20.1. The summed E-state index contributed by atoms with van der Waals surface area (Å²) >= 11 is 0. The summed E-state index contributed by atoms with van der Waals surface area (Å²) in [5, 5.41) is 10.9. The number of benzene rings is 1. The van der Waals surface area contributed by atoms with Crippen LogP contribution in [0.15, 0.2) is 54.4 Å². The Morgan fingerprint density at radius 1 is 1.21 bits per heavy atom. The first-order valence-corrected chi connectivity index (χ1v) is 8.90. The predicted molar refractivity (Wildman–Crippen MR) is 103 cm³/mol. The molecule has 2 aromatic rings. The molecule has 28 heavy (non-hydrogen) atoms. The van der Waals surface area contributed by atoms with Gasteiger partial charge in [0.2, 0.25) is 0 Å². The molecule has 1 saturated heterocycles. The number of rotatable bonds is 7. The Kier molecular flexibility index (Phi) is 6.06. The highest BCUT2D eigenvalue weighted by Crippen LogP contribution is 2.39. The van der Waals surface area contributed by atoms with E-state index in [9.17, 15) is 14.7 Å². The highest BCUT2D eigenvalue weighted by atomic mass is 16.5. The molecular weight excluding hydrogens is 360 g/mol. The summed E-state index contributed by atoms with van der Waals surface area (Å²) in [7, 11) is 3.10. The Balaban J connectivity index is 2.10. The molecule has 0 unspecified atom stereocenters. The topological polar surface area (TPSA) is 89.0 Å². The molecule has 1 fully saturated rings. The van der Waals surface area contributed by atoms with Crippen molar-refractivity contribution in [3.63, 3.8) is 0 Å². The van der Waals surface area contributed by atoms with Crippen molar-refractivity contribution in [2.75, 3.05) is 27.4 Å². The minimum atomic E-state index is -0.716. The van der Waals surface area contributed by atoms with Crippen LogP contribution < -0.4 is 4.74 Å². The van der Waals surface area contributed by atoms with Crippen molar-refractivity contribution in [3.8, 4) is 5.75 Å². The van der Waals surface area contributed by atoms with E-state index in [-0.39, 0.29) is 11.3 Å². The average Bonchev–Trinajstić information content (AvgIpc) is 2.99. The number of ketones is 1. The van der Waals surface area contributed by atoms with Gasteiger partial charge in [-0.1, -0.05) is 18.2 Å². The SMILES string of the molecule is COCCCN1C(=O)C(=O)C(=C(O)c2cccc(OC)c2)[C@@H]1c1cccnc1. The Morgan fingerprint density at radius 2 is 2.04 bits per heavy atom. The fourth-order valence-electron chi connectivity index (χ4n) is 3.30. The predicted octanol–water partition coefficient (Wildman–Crippen LogP) is 2.55. The second kappa shape index (κ2) is 8.67. The van der Waals surface area contributed by atoms with Gasteiger partial charge < -0.3 is 19.5 Å². The lowest BCUT2D eigenvalue weighted by Gasteiger charge is -2.25. The monoisotopic (exact) mass is 382 g/mol. The molecule has 1 aromatic heterocycles. The third-order valence-corrected chi connectivity index (χ3v) is 4.63. The lowest BCUT2D eigenvalue weighted by molar-refractivity contribution is -0.140. The van der Waals surface area contributed by atoms with E-state index in [0.29, 0.717) is 36.4 Å². The second-order valence-electron chi connectivity index (χ2n) is 6.36. The van der Waals surface area contributed by atoms with Gasteiger partial charge in [-0.15, -0.1) is 0 Å². The molecule has 0 aliphatic carbocycles. The zero-order valence-corrected chi connectivity index (χ0v) is 15.8. The maximum absolute atomic E-state index is 12.8. The Labute approximate surface area is 163 Å². The first-order valence-electron chi connectivity index (χ1n) is 8.90. The van der Waals surface area contributed by atoms with Crippen LogP contribution in [-0.2, 0) is 14.3 Å². The van der Waals surface area contributed by atoms with Crippen LogP contribution in [0.25, 0.3) is 5.76 Å². The van der Waals surface area contributed by atoms with Crippen molar-refractivity contribution in [3.05, 3.63) is 65.5 Å². The number of methoxy groups -OCH3 is 2. The molecule has 7 nitrogen and oxygen atoms in total. The quantitative estimate of drug-likeness (QED) is 0.343. The lowest BCUT2D eigenvalue weighted by atomic mass is 9.96. The van der Waals surface area contributed by atoms with Gasteiger partial charge in [-0.3, -0.25) is 14.6 Å². The average molecular weight is 382 g/mol. The molecule has 0 spiro atoms. The first kappa shape index (κ1) is 19.6. The molecule has 1 amide bonds. The largest absolute Gasteiger partial charge is 0.507 e. The molecule has 3 rings (SSSR count). The van der Waals surface area contributed by atoms with Crippen molar-refractivity contribution in [1.82, 2.24) is 9.88 Å². The molecule has 146 valence electrons. The molecule has 2 heterocycles. The van der Waals surface area contributed by atoms with Crippen LogP contribution in [0.3, 0.4) is 0 Å². The summed E-state index contributed by atoms with van der Waals surface area (Å²) in [6.45, 7) is 0.783. The molecule has 1 aliphatic heterocycles. The van der Waals surface area contributed by atoms with Crippen LogP contribution in [0, 0.1) is 0 Å². The number of amides is 1. The highest BCUT2D eigenvalue weighted by Gasteiger charge is 2.45. The fraction of sp³-hybridized carbons (Fsp3) is 0.286. The Bertz CT molecular complexity index is 895. The summed E-state index contributed by atoms with van der Waals surface area (Å²) in [5.74, 6) is -1.06. The number of hydrogen-bond acceptors (Lipinski definition) is 6. The van der Waals surface area contributed by atoms with E-state index in [1.807, 2.05) is 0 Å². The summed E-state index contributed by atoms with van der Waals surface area (Å²) in [6.07, 6.45) is 3.78. The molecule has 1 N–H and O–H groups in total. The fourth-order valence-corrected chi connectivity index (χ4v) is 3.30. The number of hydrogen-bond donors (Lipinski definition) is 1. The third-order valence-electron chi connectivity index (χ3n) is 4.63. The number of aliphatic hydroxyl groups excluding tert-OH is 1. The molecule has 0 radical (unpaired) electrons. The van der Waals surface area contributed by atoms with Crippen LogP contribution >= 0.6 is 0 Å². The Morgan fingerprint density at radius 3 is 2.71 bits per heavy atom. The van der Waals surface area contributed by atoms with E-state index in [1.165, 1.54) is 12.0 Å². The maximum Gasteiger partial charge on any atom is 0.295 e. The first-order chi connectivity index (χ1) is 13.6. The van der Waals surface area contributed by atoms with Crippen LogP contribution in [0.1, 0.15) is 23.6 Å². The lowest BCUT2D eigenvalue weighted by Crippen LogP contribution is -2.31. The summed E-state index contributed by atoms with van der Waals surface area (Å²) in [4.78, 5) is 31.1. The summed E-state index contributed by atoms with van der Waals surface area (Å²) in [6, 6.07) is 9.53. The number of ether oxygens (including phenoxy) is 2. The Hall–Kier alpha value is -3.19. The zero-order valence-electron chi connectivity index (χ0n) is 15.8. The van der Waals surface area contributed by atoms with Crippen molar-refractivity contribution < 1.29 is 24.2 Å². The standard InChI is InChI=1S/C21H22N2O5/c1-27-11-5-10-23-18(15-7-4-9-22-13-15)17(20(25)21(23)26)19(24)14-6-3-8-16(12-14)28-2/h3-4,6-9,12-13,18,24H,5,10-11H2,1-2H3/t18-/m0/s1. The highest BCUT2D eigenvalue weighted by molar-refractivity contribution is 6.46. The van der Waals surface area contributed by atoms with Crippen molar-refractivity contribution in [2.45, 2.75) is 12.5 Å². The van der Waals surface area contributed by atoms with Crippen LogP contribution in [0.4, 0.5) is 0 Å². The van der Waals surface area contributed by atoms with Gasteiger partial charge in [-0.2, -0.15) is 0 Å². The number of likely N-dealkylation sites (tertiary alicyclic amines) is 1. The van der Waals surface area contributed by atoms with Gasteiger partial charge in [0.25, 0.3) is 11.7 Å². The smallest absolute Gasteiger partial charge is 0.295 e. The number of nitrogens with zero attached hydrogens (tertiary/aromatic N) is 2. The van der Waals surface area contributed by atoms with E-state index in [2.05, 4.69) is 4.98 Å². The minimum Gasteiger partial charge on any atom is -0.507 e. The van der Waals surface area contributed by atoms with Gasteiger partial charge in [0.15, 0.2) is 0 Å². The van der Waals surface area contributed by atoms with Crippen LogP contribution in [0.5, 0.6) is 5.75 Å². The molecule has 1 atom stereocenters. The molecular formula is C21H22N2O5. The normalized spacial score (nSPS) is 18.5. The van der Waals surface area contributed by atoms with Gasteiger partial charge in [-0.25, -0.2) is 0 Å². The van der Waals surface area contributed by atoms with E-state index in [4.69, 9.17) is 9.47 Å². The molecule has 1 aliphatic rings. The molecule has 7 heteroatoms. The molecule has 0 saturated carbocycles.